The first-order valence-electron chi connectivity index (χ1n) is 7.65. The summed E-state index contributed by atoms with van der Waals surface area (Å²) in [4.78, 5) is 33.9. The molecule has 1 aromatic heterocycles. The van der Waals surface area contributed by atoms with Gasteiger partial charge < -0.3 is 10.2 Å². The summed E-state index contributed by atoms with van der Waals surface area (Å²) >= 11 is 0. The minimum absolute atomic E-state index is 0.0407. The molecule has 1 fully saturated rings. The van der Waals surface area contributed by atoms with Gasteiger partial charge in [-0.2, -0.15) is 0 Å². The van der Waals surface area contributed by atoms with E-state index in [2.05, 4.69) is 36.1 Å². The standard InChI is InChI=1S/C16H24N4O2/c1-16(2,3)11-20-10-13(8-15(20)22)19-14(21)5-4-12-9-17-6-7-18-12/h6-7,9,13H,4-5,8,10-11H2,1-3H3,(H,19,21)/t13-/m1/s1. The highest BCUT2D eigenvalue weighted by Gasteiger charge is 2.32. The van der Waals surface area contributed by atoms with Gasteiger partial charge in [-0.3, -0.25) is 19.6 Å². The Hall–Kier alpha value is -1.98. The van der Waals surface area contributed by atoms with Gasteiger partial charge in [0.05, 0.1) is 11.7 Å². The topological polar surface area (TPSA) is 75.2 Å². The summed E-state index contributed by atoms with van der Waals surface area (Å²) < 4.78 is 0. The van der Waals surface area contributed by atoms with Gasteiger partial charge in [0, 0.05) is 44.5 Å². The molecule has 120 valence electrons. The molecule has 0 saturated carbocycles. The summed E-state index contributed by atoms with van der Waals surface area (Å²) in [5, 5.41) is 2.95. The van der Waals surface area contributed by atoms with Crippen molar-refractivity contribution >= 4 is 11.8 Å². The van der Waals surface area contributed by atoms with Crippen LogP contribution in [0.1, 0.15) is 39.3 Å². The average Bonchev–Trinajstić information content (AvgIpc) is 2.75. The number of carbonyl (C=O) groups is 2. The minimum Gasteiger partial charge on any atom is -0.351 e. The number of aryl methyl sites for hydroxylation is 1. The molecule has 2 amide bonds. The molecule has 2 rings (SSSR count). The van der Waals surface area contributed by atoms with Crippen molar-refractivity contribution in [1.29, 1.82) is 0 Å². The van der Waals surface area contributed by atoms with Crippen LogP contribution in [0.5, 0.6) is 0 Å². The third-order valence-corrected chi connectivity index (χ3v) is 3.47. The van der Waals surface area contributed by atoms with E-state index in [0.29, 0.717) is 25.8 Å². The minimum atomic E-state index is -0.0794. The molecule has 6 heteroatoms. The highest BCUT2D eigenvalue weighted by molar-refractivity contribution is 5.82. The molecular formula is C16H24N4O2. The predicted octanol–water partition coefficient (Wildman–Crippen LogP) is 1.17. The Bertz CT molecular complexity index is 525. The first kappa shape index (κ1) is 16.4. The number of nitrogens with zero attached hydrogens (tertiary/aromatic N) is 3. The van der Waals surface area contributed by atoms with Crippen molar-refractivity contribution in [3.05, 3.63) is 24.3 Å². The van der Waals surface area contributed by atoms with Crippen LogP contribution in [0.15, 0.2) is 18.6 Å². The summed E-state index contributed by atoms with van der Waals surface area (Å²) in [7, 11) is 0. The van der Waals surface area contributed by atoms with Crippen molar-refractivity contribution in [3.8, 4) is 0 Å². The second-order valence-electron chi connectivity index (χ2n) is 7.00. The van der Waals surface area contributed by atoms with Gasteiger partial charge in [-0.1, -0.05) is 20.8 Å². The van der Waals surface area contributed by atoms with Crippen LogP contribution < -0.4 is 5.32 Å². The monoisotopic (exact) mass is 304 g/mol. The predicted molar refractivity (Wildman–Crippen MR) is 82.9 cm³/mol. The van der Waals surface area contributed by atoms with Crippen LogP contribution in [0.3, 0.4) is 0 Å². The van der Waals surface area contributed by atoms with Gasteiger partial charge >= 0.3 is 0 Å². The lowest BCUT2D eigenvalue weighted by Crippen LogP contribution is -2.39. The van der Waals surface area contributed by atoms with Gasteiger partial charge in [0.1, 0.15) is 0 Å². The molecule has 0 bridgehead atoms. The first-order chi connectivity index (χ1) is 10.3. The van der Waals surface area contributed by atoms with Crippen LogP contribution >= 0.6 is 0 Å². The van der Waals surface area contributed by atoms with Crippen molar-refractivity contribution in [2.45, 2.75) is 46.1 Å². The smallest absolute Gasteiger partial charge is 0.224 e. The average molecular weight is 304 g/mol. The van der Waals surface area contributed by atoms with E-state index in [0.717, 1.165) is 12.2 Å². The maximum absolute atomic E-state index is 12.0. The van der Waals surface area contributed by atoms with Crippen LogP contribution in [0, 0.1) is 5.41 Å². The molecule has 2 heterocycles. The summed E-state index contributed by atoms with van der Waals surface area (Å²) in [5.41, 5.74) is 0.870. The molecule has 1 N–H and O–H groups in total. The van der Waals surface area contributed by atoms with E-state index in [1.807, 2.05) is 4.90 Å². The third kappa shape index (κ3) is 5.09. The molecule has 1 aliphatic rings. The maximum atomic E-state index is 12.0. The number of rotatable bonds is 5. The van der Waals surface area contributed by atoms with Crippen molar-refractivity contribution in [3.63, 3.8) is 0 Å². The highest BCUT2D eigenvalue weighted by atomic mass is 16.2. The maximum Gasteiger partial charge on any atom is 0.224 e. The fourth-order valence-electron chi connectivity index (χ4n) is 2.59. The van der Waals surface area contributed by atoms with Crippen LogP contribution in [0.4, 0.5) is 0 Å². The van der Waals surface area contributed by atoms with E-state index in [-0.39, 0.29) is 23.3 Å². The molecule has 0 spiro atoms. The van der Waals surface area contributed by atoms with E-state index >= 15 is 0 Å². The number of aromatic nitrogens is 2. The molecule has 0 aliphatic carbocycles. The number of hydrogen-bond acceptors (Lipinski definition) is 4. The molecular weight excluding hydrogens is 280 g/mol. The second-order valence-corrected chi connectivity index (χ2v) is 7.00. The summed E-state index contributed by atoms with van der Waals surface area (Å²) in [6.45, 7) is 7.64. The van der Waals surface area contributed by atoms with Crippen molar-refractivity contribution in [2.75, 3.05) is 13.1 Å². The van der Waals surface area contributed by atoms with Crippen molar-refractivity contribution in [2.24, 2.45) is 5.41 Å². The van der Waals surface area contributed by atoms with Gasteiger partial charge in [-0.15, -0.1) is 0 Å². The molecule has 1 atom stereocenters. The Morgan fingerprint density at radius 2 is 2.18 bits per heavy atom. The van der Waals surface area contributed by atoms with Gasteiger partial charge in [-0.25, -0.2) is 0 Å². The van der Waals surface area contributed by atoms with Gasteiger partial charge in [0.25, 0.3) is 0 Å². The Balaban J connectivity index is 1.77. The number of likely N-dealkylation sites (tertiary alicyclic amines) is 1. The summed E-state index contributed by atoms with van der Waals surface area (Å²) in [5.74, 6) is 0.0789. The largest absolute Gasteiger partial charge is 0.351 e. The zero-order valence-corrected chi connectivity index (χ0v) is 13.5. The molecule has 22 heavy (non-hydrogen) atoms. The van der Waals surface area contributed by atoms with Gasteiger partial charge in [0.2, 0.25) is 11.8 Å². The number of amides is 2. The summed E-state index contributed by atoms with van der Waals surface area (Å²) in [6.07, 6.45) is 6.21. The zero-order chi connectivity index (χ0) is 16.2. The second kappa shape index (κ2) is 6.85. The SMILES string of the molecule is CC(C)(C)CN1C[C@H](NC(=O)CCc2cnccn2)CC1=O. The van der Waals surface area contributed by atoms with Gasteiger partial charge in [0.15, 0.2) is 0 Å². The lowest BCUT2D eigenvalue weighted by molar-refractivity contribution is -0.128. The van der Waals surface area contributed by atoms with Crippen molar-refractivity contribution in [1.82, 2.24) is 20.2 Å². The Kier molecular flexibility index (Phi) is 5.11. The molecule has 1 aliphatic heterocycles. The van der Waals surface area contributed by atoms with E-state index < -0.39 is 0 Å². The Labute approximate surface area is 131 Å². The van der Waals surface area contributed by atoms with E-state index in [9.17, 15) is 9.59 Å². The molecule has 0 unspecified atom stereocenters. The lowest BCUT2D eigenvalue weighted by atomic mass is 9.96. The number of carbonyl (C=O) groups excluding carboxylic acids is 2. The third-order valence-electron chi connectivity index (χ3n) is 3.47. The van der Waals surface area contributed by atoms with Crippen LogP contribution in [0.25, 0.3) is 0 Å². The van der Waals surface area contributed by atoms with Crippen LogP contribution in [-0.2, 0) is 16.0 Å². The normalized spacial score (nSPS) is 18.6. The molecule has 1 saturated heterocycles. The van der Waals surface area contributed by atoms with E-state index in [1.165, 1.54) is 0 Å². The fraction of sp³-hybridized carbons (Fsp3) is 0.625. The lowest BCUT2D eigenvalue weighted by Gasteiger charge is -2.26. The summed E-state index contributed by atoms with van der Waals surface area (Å²) in [6, 6.07) is -0.0794. The highest BCUT2D eigenvalue weighted by Crippen LogP contribution is 2.20. The van der Waals surface area contributed by atoms with Crippen molar-refractivity contribution < 1.29 is 9.59 Å². The van der Waals surface area contributed by atoms with E-state index in [1.54, 1.807) is 18.6 Å². The molecule has 1 aromatic rings. The van der Waals surface area contributed by atoms with Crippen LogP contribution in [-0.4, -0.2) is 45.8 Å². The zero-order valence-electron chi connectivity index (χ0n) is 13.5. The van der Waals surface area contributed by atoms with Gasteiger partial charge in [-0.05, 0) is 11.8 Å². The molecule has 6 nitrogen and oxygen atoms in total. The Morgan fingerprint density at radius 1 is 1.41 bits per heavy atom. The fourth-order valence-corrected chi connectivity index (χ4v) is 2.59. The number of hydrogen-bond donors (Lipinski definition) is 1. The first-order valence-corrected chi connectivity index (χ1v) is 7.65. The quantitative estimate of drug-likeness (QED) is 0.886. The van der Waals surface area contributed by atoms with E-state index in [4.69, 9.17) is 0 Å². The van der Waals surface area contributed by atoms with Crippen LogP contribution in [0.2, 0.25) is 0 Å². The molecule has 0 aromatic carbocycles. The molecule has 0 radical (unpaired) electrons. The number of nitrogens with one attached hydrogen (secondary N) is 1. The Morgan fingerprint density at radius 3 is 2.82 bits per heavy atom.